The first kappa shape index (κ1) is 15.4. The SMILES string of the molecule is CC(=O)Nc1nc2c(s1)COCC21CCN(C(=O)C(C)C)C1. The standard InChI is InChI=1S/C15H21N3O3S/c1-9(2)13(20)18-5-4-15(7-18)8-21-6-11-12(15)17-14(22-11)16-10(3)19/h9H,4-8H2,1-3H3,(H,16,17,19). The largest absolute Gasteiger partial charge is 0.375 e. The number of rotatable bonds is 2. The number of ether oxygens (including phenoxy) is 1. The Kier molecular flexibility index (Phi) is 3.94. The van der Waals surface area contributed by atoms with Crippen molar-refractivity contribution < 1.29 is 14.3 Å². The fourth-order valence-corrected chi connectivity index (χ4v) is 4.28. The normalized spacial score (nSPS) is 23.9. The quantitative estimate of drug-likeness (QED) is 0.900. The number of carbonyl (C=O) groups excluding carboxylic acids is 2. The van der Waals surface area contributed by atoms with Crippen molar-refractivity contribution in [2.45, 2.75) is 39.2 Å². The summed E-state index contributed by atoms with van der Waals surface area (Å²) in [6, 6.07) is 0. The van der Waals surface area contributed by atoms with Crippen LogP contribution in [0.1, 0.15) is 37.8 Å². The number of aromatic nitrogens is 1. The Balaban J connectivity index is 1.87. The Labute approximate surface area is 133 Å². The van der Waals surface area contributed by atoms with Gasteiger partial charge in [0.1, 0.15) is 0 Å². The Morgan fingerprint density at radius 1 is 1.45 bits per heavy atom. The van der Waals surface area contributed by atoms with Crippen LogP contribution in [0.2, 0.25) is 0 Å². The van der Waals surface area contributed by atoms with Gasteiger partial charge in [0.05, 0.1) is 29.2 Å². The fraction of sp³-hybridized carbons (Fsp3) is 0.667. The molecule has 2 aliphatic heterocycles. The molecule has 0 aromatic carbocycles. The van der Waals surface area contributed by atoms with E-state index in [0.29, 0.717) is 24.9 Å². The van der Waals surface area contributed by atoms with E-state index in [-0.39, 0.29) is 23.1 Å². The van der Waals surface area contributed by atoms with E-state index in [2.05, 4.69) is 10.3 Å². The second-order valence-corrected chi connectivity index (χ2v) is 7.49. The van der Waals surface area contributed by atoms with Crippen LogP contribution in [0, 0.1) is 5.92 Å². The topological polar surface area (TPSA) is 71.5 Å². The van der Waals surface area contributed by atoms with Crippen LogP contribution >= 0.6 is 11.3 Å². The number of carbonyl (C=O) groups is 2. The molecule has 3 rings (SSSR count). The van der Waals surface area contributed by atoms with Gasteiger partial charge in [-0.05, 0) is 6.42 Å². The Morgan fingerprint density at radius 2 is 2.23 bits per heavy atom. The van der Waals surface area contributed by atoms with Gasteiger partial charge in [0.15, 0.2) is 5.13 Å². The van der Waals surface area contributed by atoms with Crippen molar-refractivity contribution in [1.29, 1.82) is 0 Å². The third-order valence-corrected chi connectivity index (χ3v) is 5.20. The van der Waals surface area contributed by atoms with E-state index in [1.807, 2.05) is 18.7 Å². The summed E-state index contributed by atoms with van der Waals surface area (Å²) in [5, 5.41) is 3.37. The lowest BCUT2D eigenvalue weighted by Gasteiger charge is -2.32. The Morgan fingerprint density at radius 3 is 2.91 bits per heavy atom. The van der Waals surface area contributed by atoms with Crippen molar-refractivity contribution in [3.05, 3.63) is 10.6 Å². The summed E-state index contributed by atoms with van der Waals surface area (Å²) in [6.45, 7) is 7.84. The molecule has 1 aromatic rings. The van der Waals surface area contributed by atoms with Crippen LogP contribution in [0.4, 0.5) is 5.13 Å². The predicted molar refractivity (Wildman–Crippen MR) is 83.8 cm³/mol. The number of nitrogens with one attached hydrogen (secondary N) is 1. The molecule has 1 saturated heterocycles. The van der Waals surface area contributed by atoms with Crippen LogP contribution in [-0.2, 0) is 26.3 Å². The molecule has 1 spiro atoms. The summed E-state index contributed by atoms with van der Waals surface area (Å²) >= 11 is 1.47. The van der Waals surface area contributed by atoms with E-state index in [4.69, 9.17) is 4.74 Å². The summed E-state index contributed by atoms with van der Waals surface area (Å²) in [6.07, 6.45) is 0.863. The van der Waals surface area contributed by atoms with E-state index in [1.165, 1.54) is 18.3 Å². The van der Waals surface area contributed by atoms with Crippen LogP contribution in [0.25, 0.3) is 0 Å². The van der Waals surface area contributed by atoms with E-state index >= 15 is 0 Å². The fourth-order valence-electron chi connectivity index (χ4n) is 3.21. The highest BCUT2D eigenvalue weighted by Gasteiger charge is 2.47. The van der Waals surface area contributed by atoms with Gasteiger partial charge >= 0.3 is 0 Å². The van der Waals surface area contributed by atoms with Crippen LogP contribution < -0.4 is 5.32 Å². The van der Waals surface area contributed by atoms with Gasteiger partial charge in [-0.1, -0.05) is 25.2 Å². The smallest absolute Gasteiger partial charge is 0.225 e. The minimum absolute atomic E-state index is 0.00417. The molecule has 2 amide bonds. The number of thiazole rings is 1. The maximum absolute atomic E-state index is 12.2. The molecular formula is C15H21N3O3S. The molecule has 7 heteroatoms. The molecule has 1 unspecified atom stereocenters. The molecule has 3 heterocycles. The lowest BCUT2D eigenvalue weighted by atomic mass is 9.82. The van der Waals surface area contributed by atoms with Crippen molar-refractivity contribution in [3.8, 4) is 0 Å². The molecule has 120 valence electrons. The summed E-state index contributed by atoms with van der Waals surface area (Å²) in [4.78, 5) is 31.1. The Hall–Kier alpha value is -1.47. The van der Waals surface area contributed by atoms with E-state index in [0.717, 1.165) is 23.5 Å². The molecule has 2 aliphatic rings. The maximum atomic E-state index is 12.2. The monoisotopic (exact) mass is 323 g/mol. The molecular weight excluding hydrogens is 302 g/mol. The molecule has 1 fully saturated rings. The molecule has 0 aliphatic carbocycles. The second-order valence-electron chi connectivity index (χ2n) is 6.41. The zero-order chi connectivity index (χ0) is 15.9. The number of hydrogen-bond acceptors (Lipinski definition) is 5. The molecule has 0 radical (unpaired) electrons. The third kappa shape index (κ3) is 2.63. The van der Waals surface area contributed by atoms with Crippen LogP contribution in [-0.4, -0.2) is 41.4 Å². The van der Waals surface area contributed by atoms with Crippen molar-refractivity contribution in [2.75, 3.05) is 25.0 Å². The van der Waals surface area contributed by atoms with E-state index in [9.17, 15) is 9.59 Å². The molecule has 1 N–H and O–H groups in total. The lowest BCUT2D eigenvalue weighted by Crippen LogP contribution is -2.41. The highest BCUT2D eigenvalue weighted by atomic mass is 32.1. The average molecular weight is 323 g/mol. The van der Waals surface area contributed by atoms with Gasteiger partial charge < -0.3 is 15.0 Å². The first-order valence-electron chi connectivity index (χ1n) is 7.55. The minimum atomic E-state index is -0.217. The first-order chi connectivity index (χ1) is 10.4. The van der Waals surface area contributed by atoms with Gasteiger partial charge in [0.25, 0.3) is 0 Å². The van der Waals surface area contributed by atoms with Crippen molar-refractivity contribution in [1.82, 2.24) is 9.88 Å². The van der Waals surface area contributed by atoms with Gasteiger partial charge in [-0.25, -0.2) is 4.98 Å². The molecule has 0 bridgehead atoms. The van der Waals surface area contributed by atoms with Crippen molar-refractivity contribution in [3.63, 3.8) is 0 Å². The number of amides is 2. The third-order valence-electron chi connectivity index (χ3n) is 4.25. The van der Waals surface area contributed by atoms with Crippen LogP contribution in [0.3, 0.4) is 0 Å². The number of likely N-dealkylation sites (tertiary alicyclic amines) is 1. The van der Waals surface area contributed by atoms with Gasteiger partial charge in [0.2, 0.25) is 11.8 Å². The molecule has 1 aromatic heterocycles. The predicted octanol–water partition coefficient (Wildman–Crippen LogP) is 1.76. The molecule has 22 heavy (non-hydrogen) atoms. The van der Waals surface area contributed by atoms with E-state index in [1.54, 1.807) is 0 Å². The highest BCUT2D eigenvalue weighted by molar-refractivity contribution is 7.15. The summed E-state index contributed by atoms with van der Waals surface area (Å²) in [5.41, 5.74) is 0.789. The lowest BCUT2D eigenvalue weighted by molar-refractivity contribution is -0.133. The zero-order valence-electron chi connectivity index (χ0n) is 13.1. The number of anilines is 1. The van der Waals surface area contributed by atoms with Gasteiger partial charge in [-0.2, -0.15) is 0 Å². The van der Waals surface area contributed by atoms with E-state index < -0.39 is 0 Å². The molecule has 0 saturated carbocycles. The summed E-state index contributed by atoms with van der Waals surface area (Å²) < 4.78 is 5.76. The number of fused-ring (bicyclic) bond motifs is 2. The van der Waals surface area contributed by atoms with Crippen LogP contribution in [0.5, 0.6) is 0 Å². The van der Waals surface area contributed by atoms with Crippen molar-refractivity contribution >= 4 is 28.3 Å². The maximum Gasteiger partial charge on any atom is 0.225 e. The van der Waals surface area contributed by atoms with Gasteiger partial charge in [-0.3, -0.25) is 9.59 Å². The molecule has 6 nitrogen and oxygen atoms in total. The number of nitrogens with zero attached hydrogens (tertiary/aromatic N) is 2. The average Bonchev–Trinajstić information content (AvgIpc) is 3.03. The highest BCUT2D eigenvalue weighted by Crippen LogP contribution is 2.43. The van der Waals surface area contributed by atoms with Crippen molar-refractivity contribution in [2.24, 2.45) is 5.92 Å². The second kappa shape index (κ2) is 5.62. The van der Waals surface area contributed by atoms with Gasteiger partial charge in [-0.15, -0.1) is 0 Å². The molecule has 1 atom stereocenters. The zero-order valence-corrected chi connectivity index (χ0v) is 14.0. The Bertz CT molecular complexity index is 613. The first-order valence-corrected chi connectivity index (χ1v) is 8.37. The summed E-state index contributed by atoms with van der Waals surface area (Å²) in [7, 11) is 0. The number of hydrogen-bond donors (Lipinski definition) is 1. The summed E-state index contributed by atoms with van der Waals surface area (Å²) in [5.74, 6) is 0.0647. The van der Waals surface area contributed by atoms with Gasteiger partial charge in [0, 0.05) is 25.9 Å². The van der Waals surface area contributed by atoms with Crippen LogP contribution in [0.15, 0.2) is 0 Å². The minimum Gasteiger partial charge on any atom is -0.375 e.